The summed E-state index contributed by atoms with van der Waals surface area (Å²) in [5.41, 5.74) is 2.92. The third-order valence-electron chi connectivity index (χ3n) is 3.44. The van der Waals surface area contributed by atoms with E-state index in [1.807, 2.05) is 17.9 Å². The average molecular weight is 274 g/mol. The summed E-state index contributed by atoms with van der Waals surface area (Å²) in [7, 11) is 0. The minimum atomic E-state index is 0.270. The molecule has 1 atom stereocenters. The first-order valence-electron chi connectivity index (χ1n) is 6.69. The van der Waals surface area contributed by atoms with Crippen LogP contribution in [-0.2, 0) is 0 Å². The molecule has 3 heterocycles. The van der Waals surface area contributed by atoms with Crippen LogP contribution < -0.4 is 10.2 Å². The minimum Gasteiger partial charge on any atom is -0.376 e. The summed E-state index contributed by atoms with van der Waals surface area (Å²) < 4.78 is 0. The second kappa shape index (κ2) is 5.57. The first-order valence-corrected chi connectivity index (χ1v) is 7.57. The molecule has 3 rings (SSSR count). The van der Waals surface area contributed by atoms with Crippen LogP contribution in [0.4, 0.5) is 11.5 Å². The van der Waals surface area contributed by atoms with Crippen molar-refractivity contribution < 1.29 is 0 Å². The molecule has 0 radical (unpaired) electrons. The second-order valence-electron chi connectivity index (χ2n) is 4.87. The lowest BCUT2D eigenvalue weighted by Gasteiger charge is -2.17. The van der Waals surface area contributed by atoms with E-state index in [9.17, 15) is 0 Å². The Bertz CT molecular complexity index is 503. The molecule has 0 aromatic carbocycles. The highest BCUT2D eigenvalue weighted by molar-refractivity contribution is 7.09. The first-order chi connectivity index (χ1) is 9.33. The predicted molar refractivity (Wildman–Crippen MR) is 79.8 cm³/mol. The highest BCUT2D eigenvalue weighted by Gasteiger charge is 2.13. The van der Waals surface area contributed by atoms with Crippen molar-refractivity contribution in [2.75, 3.05) is 23.3 Å². The summed E-state index contributed by atoms with van der Waals surface area (Å²) in [6.45, 7) is 4.41. The summed E-state index contributed by atoms with van der Waals surface area (Å²) in [6, 6.07) is 4.48. The Morgan fingerprint density at radius 2 is 2.11 bits per heavy atom. The lowest BCUT2D eigenvalue weighted by atomic mass is 10.3. The van der Waals surface area contributed by atoms with Crippen molar-refractivity contribution in [3.63, 3.8) is 0 Å². The van der Waals surface area contributed by atoms with Crippen molar-refractivity contribution in [2.45, 2.75) is 25.8 Å². The van der Waals surface area contributed by atoms with Gasteiger partial charge in [0, 0.05) is 24.2 Å². The van der Waals surface area contributed by atoms with Gasteiger partial charge in [-0.2, -0.15) is 0 Å². The van der Waals surface area contributed by atoms with Gasteiger partial charge in [0.15, 0.2) is 0 Å². The SMILES string of the molecule is CC(Nc1ccc(N2CCCC2)nc1)c1cncs1. The zero-order chi connectivity index (χ0) is 13.1. The summed E-state index contributed by atoms with van der Waals surface area (Å²) in [6.07, 6.45) is 6.40. The Morgan fingerprint density at radius 3 is 2.74 bits per heavy atom. The number of pyridine rings is 1. The molecule has 1 aliphatic heterocycles. The fourth-order valence-corrected chi connectivity index (χ4v) is 2.99. The molecular weight excluding hydrogens is 256 g/mol. The molecule has 0 spiro atoms. The van der Waals surface area contributed by atoms with E-state index in [1.54, 1.807) is 11.3 Å². The molecule has 100 valence electrons. The summed E-state index contributed by atoms with van der Waals surface area (Å²) in [4.78, 5) is 12.2. The van der Waals surface area contributed by atoms with Crippen LogP contribution in [0.15, 0.2) is 30.0 Å². The van der Waals surface area contributed by atoms with Gasteiger partial charge in [0.1, 0.15) is 5.82 Å². The van der Waals surface area contributed by atoms with Gasteiger partial charge >= 0.3 is 0 Å². The van der Waals surface area contributed by atoms with Crippen LogP contribution in [0, 0.1) is 0 Å². The molecular formula is C14H18N4S. The topological polar surface area (TPSA) is 41.0 Å². The summed E-state index contributed by atoms with van der Waals surface area (Å²) in [5.74, 6) is 1.09. The molecule has 4 nitrogen and oxygen atoms in total. The number of hydrogen-bond acceptors (Lipinski definition) is 5. The largest absolute Gasteiger partial charge is 0.376 e. The van der Waals surface area contributed by atoms with Crippen LogP contribution in [0.5, 0.6) is 0 Å². The number of aromatic nitrogens is 2. The standard InChI is InChI=1S/C14H18N4S/c1-11(13-9-15-10-19-13)17-12-4-5-14(16-8-12)18-6-2-3-7-18/h4-5,8-11,17H,2-3,6-7H2,1H3. The Hall–Kier alpha value is -1.62. The number of hydrogen-bond donors (Lipinski definition) is 1. The van der Waals surface area contributed by atoms with Gasteiger partial charge in [0.2, 0.25) is 0 Å². The highest BCUT2D eigenvalue weighted by atomic mass is 32.1. The second-order valence-corrected chi connectivity index (χ2v) is 5.79. The van der Waals surface area contributed by atoms with Gasteiger partial charge in [-0.3, -0.25) is 4.98 Å². The molecule has 19 heavy (non-hydrogen) atoms. The summed E-state index contributed by atoms with van der Waals surface area (Å²) >= 11 is 1.67. The van der Waals surface area contributed by atoms with Crippen molar-refractivity contribution in [1.29, 1.82) is 0 Å². The van der Waals surface area contributed by atoms with E-state index in [0.717, 1.165) is 24.6 Å². The van der Waals surface area contributed by atoms with Crippen LogP contribution in [0.1, 0.15) is 30.7 Å². The Kier molecular flexibility index (Phi) is 3.64. The van der Waals surface area contributed by atoms with E-state index in [1.165, 1.54) is 17.7 Å². The van der Waals surface area contributed by atoms with E-state index in [4.69, 9.17) is 0 Å². The highest BCUT2D eigenvalue weighted by Crippen LogP contribution is 2.23. The number of thiazole rings is 1. The average Bonchev–Trinajstić information content (AvgIpc) is 3.13. The normalized spacial score (nSPS) is 16.6. The zero-order valence-corrected chi connectivity index (χ0v) is 11.9. The van der Waals surface area contributed by atoms with Crippen LogP contribution >= 0.6 is 11.3 Å². The number of nitrogens with one attached hydrogen (secondary N) is 1. The van der Waals surface area contributed by atoms with Gasteiger partial charge in [0.05, 0.1) is 23.4 Å². The van der Waals surface area contributed by atoms with Gasteiger partial charge in [-0.25, -0.2) is 4.98 Å². The molecule has 0 aliphatic carbocycles. The van der Waals surface area contributed by atoms with E-state index >= 15 is 0 Å². The minimum absolute atomic E-state index is 0.270. The fraction of sp³-hybridized carbons (Fsp3) is 0.429. The molecule has 0 amide bonds. The van der Waals surface area contributed by atoms with Gasteiger partial charge in [-0.1, -0.05) is 0 Å². The smallest absolute Gasteiger partial charge is 0.128 e. The van der Waals surface area contributed by atoms with Crippen molar-refractivity contribution in [3.8, 4) is 0 Å². The Balaban J connectivity index is 1.65. The number of anilines is 2. The lowest BCUT2D eigenvalue weighted by Crippen LogP contribution is -2.18. The van der Waals surface area contributed by atoms with Crippen molar-refractivity contribution in [2.24, 2.45) is 0 Å². The number of rotatable bonds is 4. The van der Waals surface area contributed by atoms with E-state index in [-0.39, 0.29) is 6.04 Å². The van der Waals surface area contributed by atoms with Crippen molar-refractivity contribution in [1.82, 2.24) is 9.97 Å². The molecule has 5 heteroatoms. The molecule has 1 aliphatic rings. The molecule has 2 aromatic heterocycles. The summed E-state index contributed by atoms with van der Waals surface area (Å²) in [5, 5.41) is 3.45. The van der Waals surface area contributed by atoms with Gasteiger partial charge in [-0.05, 0) is 31.9 Å². The van der Waals surface area contributed by atoms with Crippen LogP contribution in [0.25, 0.3) is 0 Å². The molecule has 0 bridgehead atoms. The molecule has 0 saturated carbocycles. The Morgan fingerprint density at radius 1 is 1.26 bits per heavy atom. The van der Waals surface area contributed by atoms with Crippen molar-refractivity contribution >= 4 is 22.8 Å². The molecule has 1 unspecified atom stereocenters. The van der Waals surface area contributed by atoms with Crippen LogP contribution in [0.2, 0.25) is 0 Å². The van der Waals surface area contributed by atoms with Gasteiger partial charge in [0.25, 0.3) is 0 Å². The third-order valence-corrected chi connectivity index (χ3v) is 4.40. The van der Waals surface area contributed by atoms with Crippen LogP contribution in [-0.4, -0.2) is 23.1 Å². The van der Waals surface area contributed by atoms with Crippen molar-refractivity contribution in [3.05, 3.63) is 34.9 Å². The predicted octanol–water partition coefficient (Wildman–Crippen LogP) is 3.31. The van der Waals surface area contributed by atoms with Gasteiger partial charge in [-0.15, -0.1) is 11.3 Å². The fourth-order valence-electron chi connectivity index (χ4n) is 2.37. The quantitative estimate of drug-likeness (QED) is 0.928. The first kappa shape index (κ1) is 12.4. The maximum Gasteiger partial charge on any atom is 0.128 e. The van der Waals surface area contributed by atoms with Gasteiger partial charge < -0.3 is 10.2 Å². The van der Waals surface area contributed by atoms with E-state index in [2.05, 4.69) is 39.2 Å². The third kappa shape index (κ3) is 2.87. The maximum absolute atomic E-state index is 4.55. The molecule has 1 saturated heterocycles. The van der Waals surface area contributed by atoms with E-state index < -0.39 is 0 Å². The number of nitrogens with zero attached hydrogens (tertiary/aromatic N) is 3. The maximum atomic E-state index is 4.55. The monoisotopic (exact) mass is 274 g/mol. The molecule has 2 aromatic rings. The Labute approximate surface area is 117 Å². The molecule has 1 fully saturated rings. The zero-order valence-electron chi connectivity index (χ0n) is 11.0. The lowest BCUT2D eigenvalue weighted by molar-refractivity contribution is 0.897. The molecule has 1 N–H and O–H groups in total. The van der Waals surface area contributed by atoms with Crippen LogP contribution in [0.3, 0.4) is 0 Å². The van der Waals surface area contributed by atoms with E-state index in [0.29, 0.717) is 0 Å².